The molecule has 0 fully saturated rings. The van der Waals surface area contributed by atoms with Crippen LogP contribution in [-0.2, 0) is 19.5 Å². The number of benzene rings is 2. The smallest absolute Gasteiger partial charge is 0.672 e. The molecule has 0 amide bonds. The van der Waals surface area contributed by atoms with E-state index in [1.807, 2.05) is 60.7 Å². The first kappa shape index (κ1) is 17.0. The Morgan fingerprint density at radius 2 is 1.17 bits per heavy atom. The Morgan fingerprint density at radius 1 is 0.778 bits per heavy atom. The first-order valence-electron chi connectivity index (χ1n) is 5.43. The van der Waals surface area contributed by atoms with Gasteiger partial charge in [0, 0.05) is 0 Å². The van der Waals surface area contributed by atoms with Gasteiger partial charge in [0.2, 0.25) is 0 Å². The largest absolute Gasteiger partial charge is 3.00 e. The van der Waals surface area contributed by atoms with E-state index in [1.54, 1.807) is 0 Å². The van der Waals surface area contributed by atoms with Crippen LogP contribution in [0.5, 0.6) is 0 Å². The zero-order chi connectivity index (χ0) is 11.4. The van der Waals surface area contributed by atoms with E-state index in [9.17, 15) is 0 Å². The maximum atomic E-state index is 8.19. The van der Waals surface area contributed by atoms with Crippen LogP contribution < -0.4 is 0 Å². The summed E-state index contributed by atoms with van der Waals surface area (Å²) in [7, 11) is 0. The van der Waals surface area contributed by atoms with Gasteiger partial charge < -0.3 is 20.1 Å². The van der Waals surface area contributed by atoms with Gasteiger partial charge in [0.15, 0.2) is 0 Å². The zero-order valence-electron chi connectivity index (χ0n) is 10.5. The molecule has 0 spiro atoms. The average Bonchev–Trinajstić information content (AvgIpc) is 2.39. The molecule has 1 nitrogen and oxygen atoms in total. The Labute approximate surface area is 123 Å². The van der Waals surface area contributed by atoms with Crippen molar-refractivity contribution in [1.29, 1.82) is 0 Å². The molecule has 0 aliphatic rings. The van der Waals surface area contributed by atoms with Crippen molar-refractivity contribution in [3.63, 3.8) is 0 Å². The Morgan fingerprint density at radius 3 is 1.61 bits per heavy atom. The fourth-order valence-corrected chi connectivity index (χ4v) is 1.79. The third-order valence-corrected chi connectivity index (χ3v) is 2.79. The Bertz CT molecular complexity index is 384. The van der Waals surface area contributed by atoms with Crippen molar-refractivity contribution in [3.8, 4) is 0 Å². The molecule has 0 heterocycles. The Balaban J connectivity index is 0.00000144. The third-order valence-electron chi connectivity index (χ3n) is 2.79. The first-order valence-corrected chi connectivity index (χ1v) is 5.43. The maximum Gasteiger partial charge on any atom is 3.00 e. The normalized spacial score (nSPS) is 12.8. The molecule has 2 heteroatoms. The van der Waals surface area contributed by atoms with E-state index in [0.717, 1.165) is 11.1 Å². The van der Waals surface area contributed by atoms with Crippen molar-refractivity contribution in [2.24, 2.45) is 0 Å². The van der Waals surface area contributed by atoms with E-state index in [0.29, 0.717) is 0 Å². The van der Waals surface area contributed by atoms with Crippen LogP contribution in [0.15, 0.2) is 60.7 Å². The Hall–Kier alpha value is -0.977. The molecule has 0 aliphatic carbocycles. The summed E-state index contributed by atoms with van der Waals surface area (Å²) in [6.45, 7) is 4.10. The first-order chi connectivity index (χ1) is 7.79. The van der Waals surface area contributed by atoms with E-state index < -0.39 is 0 Å². The molecule has 18 heavy (non-hydrogen) atoms. The summed E-state index contributed by atoms with van der Waals surface area (Å²) in [6.07, 6.45) is 0. The van der Waals surface area contributed by atoms with Crippen LogP contribution >= 0.6 is 0 Å². The van der Waals surface area contributed by atoms with Crippen molar-refractivity contribution in [2.75, 3.05) is 0 Å². The number of rotatable bonds is 3. The quantitative estimate of drug-likeness (QED) is 0.569. The average molecular weight is 325 g/mol. The van der Waals surface area contributed by atoms with Gasteiger partial charge in [0.05, 0.1) is 0 Å². The van der Waals surface area contributed by atoms with Crippen molar-refractivity contribution in [1.82, 2.24) is 0 Å². The minimum atomic E-state index is -0.302. The SMILES string of the molecule is [CH2-][C@@H](c1ccccc1)[C@@H]([NH-])c1ccccc1.[CH3-].[Ru+3]. The van der Waals surface area contributed by atoms with Crippen molar-refractivity contribution < 1.29 is 19.5 Å². The van der Waals surface area contributed by atoms with Crippen molar-refractivity contribution in [2.45, 2.75) is 12.0 Å². The van der Waals surface area contributed by atoms with Gasteiger partial charge in [-0.2, -0.15) is 5.92 Å². The van der Waals surface area contributed by atoms with E-state index in [1.165, 1.54) is 0 Å². The van der Waals surface area contributed by atoms with Crippen LogP contribution in [-0.4, -0.2) is 0 Å². The molecule has 2 aromatic carbocycles. The second-order valence-electron chi connectivity index (χ2n) is 3.91. The van der Waals surface area contributed by atoms with E-state index >= 15 is 0 Å². The van der Waals surface area contributed by atoms with Crippen LogP contribution in [0.3, 0.4) is 0 Å². The molecule has 1 radical (unpaired) electrons. The second-order valence-corrected chi connectivity index (χ2v) is 3.91. The molecule has 1 N–H and O–H groups in total. The predicted octanol–water partition coefficient (Wildman–Crippen LogP) is 4.85. The zero-order valence-corrected chi connectivity index (χ0v) is 12.2. The van der Waals surface area contributed by atoms with Gasteiger partial charge in [0.25, 0.3) is 0 Å². The molecular formula is C16H18NRu. The molecule has 0 aromatic heterocycles. The van der Waals surface area contributed by atoms with E-state index in [-0.39, 0.29) is 38.9 Å². The molecule has 95 valence electrons. The fourth-order valence-electron chi connectivity index (χ4n) is 1.79. The molecule has 2 atom stereocenters. The van der Waals surface area contributed by atoms with Gasteiger partial charge in [-0.15, -0.1) is 6.04 Å². The van der Waals surface area contributed by atoms with E-state index in [4.69, 9.17) is 5.73 Å². The minimum Gasteiger partial charge on any atom is -0.672 e. The molecule has 0 bridgehead atoms. The van der Waals surface area contributed by atoms with Gasteiger partial charge >= 0.3 is 19.5 Å². The molecule has 0 unspecified atom stereocenters. The van der Waals surface area contributed by atoms with Crippen molar-refractivity contribution >= 4 is 0 Å². The monoisotopic (exact) mass is 326 g/mol. The van der Waals surface area contributed by atoms with Gasteiger partial charge in [-0.1, -0.05) is 71.8 Å². The molecule has 2 aromatic rings. The molecule has 0 aliphatic heterocycles. The van der Waals surface area contributed by atoms with Crippen LogP contribution in [0.2, 0.25) is 0 Å². The van der Waals surface area contributed by atoms with Gasteiger partial charge in [0.1, 0.15) is 0 Å². The van der Waals surface area contributed by atoms with Gasteiger partial charge in [-0.05, 0) is 0 Å². The topological polar surface area (TPSA) is 23.8 Å². The summed E-state index contributed by atoms with van der Waals surface area (Å²) in [4.78, 5) is 0. The van der Waals surface area contributed by atoms with Gasteiger partial charge in [-0.25, -0.2) is 0 Å². The Kier molecular flexibility index (Phi) is 7.74. The van der Waals surface area contributed by atoms with Crippen LogP contribution in [0.1, 0.15) is 23.1 Å². The van der Waals surface area contributed by atoms with E-state index in [2.05, 4.69) is 6.92 Å². The van der Waals surface area contributed by atoms with Crippen LogP contribution in [0, 0.1) is 14.4 Å². The van der Waals surface area contributed by atoms with Crippen molar-refractivity contribution in [3.05, 3.63) is 91.9 Å². The summed E-state index contributed by atoms with van der Waals surface area (Å²) in [6, 6.07) is 19.6. The summed E-state index contributed by atoms with van der Waals surface area (Å²) in [5.74, 6) is -0.0244. The number of hydrogen-bond donors (Lipinski definition) is 0. The van der Waals surface area contributed by atoms with Crippen LogP contribution in [0.25, 0.3) is 5.73 Å². The van der Waals surface area contributed by atoms with Gasteiger partial charge in [-0.3, -0.25) is 0 Å². The second kappa shape index (κ2) is 8.18. The molecule has 2 rings (SSSR count). The maximum absolute atomic E-state index is 8.19. The summed E-state index contributed by atoms with van der Waals surface area (Å²) in [5.41, 5.74) is 10.3. The summed E-state index contributed by atoms with van der Waals surface area (Å²) >= 11 is 0. The molecule has 0 saturated heterocycles. The fraction of sp³-hybridized carbons (Fsp3) is 0.125. The standard InChI is InChI=1S/C15H15N.CH3.Ru/c1-12(13-8-4-2-5-9-13)15(16)14-10-6-3-7-11-14;;/h2-12,15-16H,1H2;1H3;/q-2;-1;+3/t12-,15+;;/m0../s1. The summed E-state index contributed by atoms with van der Waals surface area (Å²) in [5, 5.41) is 0. The summed E-state index contributed by atoms with van der Waals surface area (Å²) < 4.78 is 0. The third kappa shape index (κ3) is 4.05. The predicted molar refractivity (Wildman–Crippen MR) is 74.5 cm³/mol. The molecular weight excluding hydrogens is 307 g/mol. The minimum absolute atomic E-state index is 0. The number of hydrogen-bond acceptors (Lipinski definition) is 0. The van der Waals surface area contributed by atoms with Crippen LogP contribution in [0.4, 0.5) is 0 Å². The number of nitrogens with one attached hydrogen (secondary N) is 1. The molecule has 0 saturated carbocycles.